The molecule has 1 aliphatic rings. The summed E-state index contributed by atoms with van der Waals surface area (Å²) in [7, 11) is 0. The molecule has 26 heavy (non-hydrogen) atoms. The normalized spacial score (nSPS) is 16.3. The molecular weight excluding hydrogens is 336 g/mol. The van der Waals surface area contributed by atoms with Crippen LogP contribution < -0.4 is 10.2 Å². The number of carbonyl (C=O) groups is 1. The van der Waals surface area contributed by atoms with Crippen molar-refractivity contribution in [2.24, 2.45) is 0 Å². The van der Waals surface area contributed by atoms with E-state index in [0.717, 1.165) is 0 Å². The molecular formula is C20H23F2N3O. The van der Waals surface area contributed by atoms with Crippen molar-refractivity contribution >= 4 is 11.6 Å². The van der Waals surface area contributed by atoms with Crippen LogP contribution in [0.3, 0.4) is 0 Å². The molecule has 3 rings (SSSR count). The van der Waals surface area contributed by atoms with Crippen molar-refractivity contribution < 1.29 is 13.6 Å². The van der Waals surface area contributed by atoms with Crippen molar-refractivity contribution in [1.29, 1.82) is 0 Å². The first-order valence-electron chi connectivity index (χ1n) is 8.81. The number of anilines is 1. The van der Waals surface area contributed by atoms with Crippen LogP contribution in [-0.4, -0.2) is 43.0 Å². The van der Waals surface area contributed by atoms with E-state index >= 15 is 0 Å². The maximum absolute atomic E-state index is 13.9. The molecule has 1 saturated heterocycles. The summed E-state index contributed by atoms with van der Waals surface area (Å²) in [6.07, 6.45) is 0. The second-order valence-electron chi connectivity index (χ2n) is 6.46. The van der Waals surface area contributed by atoms with Crippen LogP contribution in [0.1, 0.15) is 12.5 Å². The summed E-state index contributed by atoms with van der Waals surface area (Å²) in [6.45, 7) is 4.67. The Balaban J connectivity index is 1.51. The Kier molecular flexibility index (Phi) is 5.83. The van der Waals surface area contributed by atoms with E-state index < -0.39 is 0 Å². The van der Waals surface area contributed by atoms with E-state index in [-0.39, 0.29) is 30.1 Å². The summed E-state index contributed by atoms with van der Waals surface area (Å²) in [5.74, 6) is -0.678. The highest BCUT2D eigenvalue weighted by Gasteiger charge is 2.26. The first kappa shape index (κ1) is 18.3. The number of nitrogens with one attached hydrogen (secondary N) is 1. The van der Waals surface area contributed by atoms with Gasteiger partial charge in [-0.3, -0.25) is 9.69 Å². The molecule has 0 radical (unpaired) electrons. The number of hydrogen-bond acceptors (Lipinski definition) is 3. The fourth-order valence-corrected chi connectivity index (χ4v) is 3.20. The van der Waals surface area contributed by atoms with E-state index in [4.69, 9.17) is 0 Å². The molecule has 1 N–H and O–H groups in total. The molecule has 2 aromatic rings. The van der Waals surface area contributed by atoms with Crippen molar-refractivity contribution in [3.8, 4) is 0 Å². The molecule has 0 saturated carbocycles. The highest BCUT2D eigenvalue weighted by molar-refractivity contribution is 5.81. The lowest BCUT2D eigenvalue weighted by atomic mass is 10.1. The Hall–Kier alpha value is -2.47. The molecule has 0 aromatic heterocycles. The number of para-hydroxylation sites is 1. The average molecular weight is 359 g/mol. The Morgan fingerprint density at radius 1 is 1.00 bits per heavy atom. The summed E-state index contributed by atoms with van der Waals surface area (Å²) in [5.41, 5.74) is 1.07. The third-order valence-electron chi connectivity index (χ3n) is 4.85. The van der Waals surface area contributed by atoms with Crippen molar-refractivity contribution in [2.45, 2.75) is 19.5 Å². The lowest BCUT2D eigenvalue weighted by molar-refractivity contribution is -0.126. The monoisotopic (exact) mass is 359 g/mol. The lowest BCUT2D eigenvalue weighted by Gasteiger charge is -2.38. The van der Waals surface area contributed by atoms with Crippen LogP contribution in [0.5, 0.6) is 0 Å². The second kappa shape index (κ2) is 8.27. The molecule has 1 fully saturated rings. The van der Waals surface area contributed by atoms with Crippen LogP contribution >= 0.6 is 0 Å². The number of piperazine rings is 1. The van der Waals surface area contributed by atoms with Gasteiger partial charge in [0.1, 0.15) is 11.6 Å². The minimum Gasteiger partial charge on any atom is -0.367 e. The third kappa shape index (κ3) is 4.19. The van der Waals surface area contributed by atoms with Gasteiger partial charge in [0.25, 0.3) is 0 Å². The molecule has 6 heteroatoms. The van der Waals surface area contributed by atoms with Gasteiger partial charge in [-0.1, -0.05) is 30.3 Å². The van der Waals surface area contributed by atoms with E-state index in [1.165, 1.54) is 12.1 Å². The molecule has 4 nitrogen and oxygen atoms in total. The largest absolute Gasteiger partial charge is 0.367 e. The molecule has 2 aromatic carbocycles. The molecule has 138 valence electrons. The molecule has 0 spiro atoms. The van der Waals surface area contributed by atoms with E-state index in [1.807, 2.05) is 17.9 Å². The van der Waals surface area contributed by atoms with Crippen molar-refractivity contribution in [3.63, 3.8) is 0 Å². The van der Waals surface area contributed by atoms with Crippen molar-refractivity contribution in [1.82, 2.24) is 10.2 Å². The third-order valence-corrected chi connectivity index (χ3v) is 4.85. The Morgan fingerprint density at radius 3 is 2.27 bits per heavy atom. The second-order valence-corrected chi connectivity index (χ2v) is 6.46. The first-order chi connectivity index (χ1) is 12.6. The Bertz CT molecular complexity index is 760. The minimum atomic E-state index is -0.320. The summed E-state index contributed by atoms with van der Waals surface area (Å²) < 4.78 is 27.5. The number of carbonyl (C=O) groups excluding carboxylic acids is 1. The van der Waals surface area contributed by atoms with E-state index in [0.29, 0.717) is 37.4 Å². The molecule has 1 unspecified atom stereocenters. The van der Waals surface area contributed by atoms with Gasteiger partial charge in [-0.15, -0.1) is 0 Å². The fourth-order valence-electron chi connectivity index (χ4n) is 3.20. The molecule has 1 heterocycles. The zero-order valence-corrected chi connectivity index (χ0v) is 14.8. The smallest absolute Gasteiger partial charge is 0.237 e. The molecule has 0 bridgehead atoms. The van der Waals surface area contributed by atoms with Crippen LogP contribution in [0.4, 0.5) is 14.5 Å². The molecule has 1 aliphatic heterocycles. The Morgan fingerprint density at radius 2 is 1.62 bits per heavy atom. The standard InChI is InChI=1S/C20H23F2N3O/c1-15(20(26)23-14-16-6-2-3-7-17(16)21)24-10-12-25(13-11-24)19-9-5-4-8-18(19)22/h2-9,15H,10-14H2,1H3,(H,23,26). The molecule has 0 aliphatic carbocycles. The Labute approximate surface area is 152 Å². The number of benzene rings is 2. The van der Waals surface area contributed by atoms with Gasteiger partial charge < -0.3 is 10.2 Å². The lowest BCUT2D eigenvalue weighted by Crippen LogP contribution is -2.54. The van der Waals surface area contributed by atoms with Gasteiger partial charge in [0, 0.05) is 38.3 Å². The number of hydrogen-bond donors (Lipinski definition) is 1. The van der Waals surface area contributed by atoms with Gasteiger partial charge in [-0.05, 0) is 25.1 Å². The number of halogens is 2. The zero-order chi connectivity index (χ0) is 18.5. The summed E-state index contributed by atoms with van der Waals surface area (Å²) in [4.78, 5) is 16.4. The highest BCUT2D eigenvalue weighted by Crippen LogP contribution is 2.20. The first-order valence-corrected chi connectivity index (χ1v) is 8.81. The summed E-state index contributed by atoms with van der Waals surface area (Å²) in [5, 5.41) is 2.79. The number of rotatable bonds is 5. The van der Waals surface area contributed by atoms with Crippen LogP contribution in [0, 0.1) is 11.6 Å². The topological polar surface area (TPSA) is 35.6 Å². The zero-order valence-electron chi connectivity index (χ0n) is 14.8. The van der Waals surface area contributed by atoms with Gasteiger partial charge in [0.05, 0.1) is 11.7 Å². The van der Waals surface area contributed by atoms with Gasteiger partial charge >= 0.3 is 0 Å². The molecule has 1 atom stereocenters. The summed E-state index contributed by atoms with van der Waals surface area (Å²) in [6, 6.07) is 12.8. The average Bonchev–Trinajstić information content (AvgIpc) is 2.67. The predicted octanol–water partition coefficient (Wildman–Crippen LogP) is 2.79. The van der Waals surface area contributed by atoms with Gasteiger partial charge in [-0.2, -0.15) is 0 Å². The molecule has 1 amide bonds. The summed E-state index contributed by atoms with van der Waals surface area (Å²) >= 11 is 0. The van der Waals surface area contributed by atoms with E-state index in [1.54, 1.807) is 30.3 Å². The number of amides is 1. The van der Waals surface area contributed by atoms with Crippen LogP contribution in [0.2, 0.25) is 0 Å². The predicted molar refractivity (Wildman–Crippen MR) is 97.9 cm³/mol. The fraction of sp³-hybridized carbons (Fsp3) is 0.350. The van der Waals surface area contributed by atoms with Crippen molar-refractivity contribution in [2.75, 3.05) is 31.1 Å². The quantitative estimate of drug-likeness (QED) is 0.892. The van der Waals surface area contributed by atoms with E-state index in [2.05, 4.69) is 10.2 Å². The maximum atomic E-state index is 13.9. The minimum absolute atomic E-state index is 0.132. The van der Waals surface area contributed by atoms with E-state index in [9.17, 15) is 13.6 Å². The maximum Gasteiger partial charge on any atom is 0.237 e. The highest BCUT2D eigenvalue weighted by atomic mass is 19.1. The van der Waals surface area contributed by atoms with Crippen LogP contribution in [0.15, 0.2) is 48.5 Å². The van der Waals surface area contributed by atoms with Gasteiger partial charge in [0.2, 0.25) is 5.91 Å². The van der Waals surface area contributed by atoms with Gasteiger partial charge in [-0.25, -0.2) is 8.78 Å². The van der Waals surface area contributed by atoms with Gasteiger partial charge in [0.15, 0.2) is 0 Å². The SMILES string of the molecule is CC(C(=O)NCc1ccccc1F)N1CCN(c2ccccc2F)CC1. The van der Waals surface area contributed by atoms with Crippen LogP contribution in [-0.2, 0) is 11.3 Å². The van der Waals surface area contributed by atoms with Crippen molar-refractivity contribution in [3.05, 3.63) is 65.7 Å². The number of nitrogens with zero attached hydrogens (tertiary/aromatic N) is 2. The van der Waals surface area contributed by atoms with Crippen LogP contribution in [0.25, 0.3) is 0 Å².